The van der Waals surface area contributed by atoms with Crippen LogP contribution in [0, 0.1) is 17.8 Å². The molecule has 0 rings (SSSR count). The van der Waals surface area contributed by atoms with Gasteiger partial charge in [-0.15, -0.1) is 0 Å². The number of rotatable bonds is 14. The van der Waals surface area contributed by atoms with Gasteiger partial charge in [0.05, 0.1) is 6.61 Å². The fraction of sp³-hybridized carbons (Fsp3) is 0.950. The highest BCUT2D eigenvalue weighted by Crippen LogP contribution is 2.21. The van der Waals surface area contributed by atoms with Gasteiger partial charge in [-0.1, -0.05) is 79.1 Å². The van der Waals surface area contributed by atoms with E-state index in [4.69, 9.17) is 4.74 Å². The molecule has 0 bridgehead atoms. The Bertz CT molecular complexity index is 260. The fourth-order valence-electron chi connectivity index (χ4n) is 2.97. The van der Waals surface area contributed by atoms with E-state index in [0.717, 1.165) is 30.6 Å². The standard InChI is InChI=1S/C20H40O2/c1-6-22-20(21)16-8-7-12-18(4)14-10-15-19(5)13-9-11-17(2)3/h17-19H,6-16H2,1-5H3. The van der Waals surface area contributed by atoms with Gasteiger partial charge in [0.2, 0.25) is 0 Å². The molecule has 0 aromatic heterocycles. The van der Waals surface area contributed by atoms with Crippen molar-refractivity contribution in [1.29, 1.82) is 0 Å². The predicted octanol–water partition coefficient (Wildman–Crippen LogP) is 6.38. The van der Waals surface area contributed by atoms with Crippen LogP contribution in [0.15, 0.2) is 0 Å². The predicted molar refractivity (Wildman–Crippen MR) is 96.0 cm³/mol. The number of esters is 1. The van der Waals surface area contributed by atoms with E-state index in [1.54, 1.807) is 0 Å². The maximum Gasteiger partial charge on any atom is 0.305 e. The van der Waals surface area contributed by atoms with E-state index in [0.29, 0.717) is 13.0 Å². The summed E-state index contributed by atoms with van der Waals surface area (Å²) < 4.78 is 4.95. The van der Waals surface area contributed by atoms with Crippen LogP contribution < -0.4 is 0 Å². The number of hydrogen-bond acceptors (Lipinski definition) is 2. The van der Waals surface area contributed by atoms with Crippen molar-refractivity contribution < 1.29 is 9.53 Å². The minimum Gasteiger partial charge on any atom is -0.466 e. The lowest BCUT2D eigenvalue weighted by molar-refractivity contribution is -0.143. The Labute approximate surface area is 139 Å². The Morgan fingerprint density at radius 1 is 0.773 bits per heavy atom. The summed E-state index contributed by atoms with van der Waals surface area (Å²) >= 11 is 0. The number of ether oxygens (including phenoxy) is 1. The quantitative estimate of drug-likeness (QED) is 0.275. The van der Waals surface area contributed by atoms with Crippen molar-refractivity contribution in [2.75, 3.05) is 6.61 Å². The molecule has 132 valence electrons. The van der Waals surface area contributed by atoms with Crippen molar-refractivity contribution in [2.45, 2.75) is 98.8 Å². The molecule has 0 fully saturated rings. The van der Waals surface area contributed by atoms with E-state index < -0.39 is 0 Å². The van der Waals surface area contributed by atoms with Crippen molar-refractivity contribution >= 4 is 5.97 Å². The van der Waals surface area contributed by atoms with Crippen molar-refractivity contribution in [3.05, 3.63) is 0 Å². The Morgan fingerprint density at radius 2 is 1.27 bits per heavy atom. The average Bonchev–Trinajstić information content (AvgIpc) is 2.43. The normalized spacial score (nSPS) is 14.1. The van der Waals surface area contributed by atoms with Gasteiger partial charge in [0.15, 0.2) is 0 Å². The third-order valence-electron chi connectivity index (χ3n) is 4.51. The van der Waals surface area contributed by atoms with Crippen LogP contribution >= 0.6 is 0 Å². The van der Waals surface area contributed by atoms with Gasteiger partial charge in [0, 0.05) is 6.42 Å². The van der Waals surface area contributed by atoms with Crippen molar-refractivity contribution in [3.8, 4) is 0 Å². The molecule has 22 heavy (non-hydrogen) atoms. The molecular weight excluding hydrogens is 272 g/mol. The monoisotopic (exact) mass is 312 g/mol. The minimum atomic E-state index is -0.0367. The summed E-state index contributed by atoms with van der Waals surface area (Å²) in [6, 6.07) is 0. The van der Waals surface area contributed by atoms with E-state index in [9.17, 15) is 4.79 Å². The molecule has 2 heteroatoms. The van der Waals surface area contributed by atoms with Crippen LogP contribution in [0.1, 0.15) is 98.8 Å². The lowest BCUT2D eigenvalue weighted by Gasteiger charge is -2.15. The second-order valence-electron chi connectivity index (χ2n) is 7.52. The highest BCUT2D eigenvalue weighted by Gasteiger charge is 2.07. The van der Waals surface area contributed by atoms with Gasteiger partial charge in [0.1, 0.15) is 0 Å². The molecule has 0 aliphatic rings. The number of carbonyl (C=O) groups is 1. The van der Waals surface area contributed by atoms with Crippen LogP contribution in [-0.4, -0.2) is 12.6 Å². The second kappa shape index (κ2) is 14.1. The third-order valence-corrected chi connectivity index (χ3v) is 4.51. The maximum atomic E-state index is 11.2. The zero-order chi connectivity index (χ0) is 16.8. The summed E-state index contributed by atoms with van der Waals surface area (Å²) in [4.78, 5) is 11.2. The summed E-state index contributed by atoms with van der Waals surface area (Å²) in [5.74, 6) is 2.49. The molecule has 0 amide bonds. The third kappa shape index (κ3) is 14.4. The molecule has 0 aliphatic carbocycles. The Hall–Kier alpha value is -0.530. The molecule has 0 saturated carbocycles. The van der Waals surface area contributed by atoms with Gasteiger partial charge in [0.25, 0.3) is 0 Å². The molecule has 2 unspecified atom stereocenters. The highest BCUT2D eigenvalue weighted by atomic mass is 16.5. The molecule has 0 spiro atoms. The molecule has 2 nitrogen and oxygen atoms in total. The van der Waals surface area contributed by atoms with Gasteiger partial charge >= 0.3 is 5.97 Å². The summed E-state index contributed by atoms with van der Waals surface area (Å²) in [5, 5.41) is 0. The first-order chi connectivity index (χ1) is 10.5. The van der Waals surface area contributed by atoms with Crippen molar-refractivity contribution in [2.24, 2.45) is 17.8 Å². The SMILES string of the molecule is CCOC(=O)CCCCC(C)CCCC(C)CCCC(C)C. The van der Waals surface area contributed by atoms with Gasteiger partial charge in [-0.3, -0.25) is 4.79 Å². The molecule has 0 aliphatic heterocycles. The highest BCUT2D eigenvalue weighted by molar-refractivity contribution is 5.69. The summed E-state index contributed by atoms with van der Waals surface area (Å²) in [6.07, 6.45) is 12.2. The largest absolute Gasteiger partial charge is 0.466 e. The van der Waals surface area contributed by atoms with E-state index >= 15 is 0 Å². The van der Waals surface area contributed by atoms with Gasteiger partial charge in [-0.25, -0.2) is 0 Å². The zero-order valence-electron chi connectivity index (χ0n) is 15.8. The first-order valence-electron chi connectivity index (χ1n) is 9.61. The molecule has 0 aromatic rings. The van der Waals surface area contributed by atoms with E-state index in [1.165, 1.54) is 44.9 Å². The maximum absolute atomic E-state index is 11.2. The van der Waals surface area contributed by atoms with Gasteiger partial charge in [-0.05, 0) is 31.1 Å². The molecule has 0 saturated heterocycles. The van der Waals surface area contributed by atoms with Gasteiger partial charge in [-0.2, -0.15) is 0 Å². The second-order valence-corrected chi connectivity index (χ2v) is 7.52. The van der Waals surface area contributed by atoms with Gasteiger partial charge < -0.3 is 4.74 Å². The smallest absolute Gasteiger partial charge is 0.305 e. The van der Waals surface area contributed by atoms with Crippen molar-refractivity contribution in [1.82, 2.24) is 0 Å². The first-order valence-corrected chi connectivity index (χ1v) is 9.61. The van der Waals surface area contributed by atoms with E-state index in [2.05, 4.69) is 27.7 Å². The Morgan fingerprint density at radius 3 is 1.77 bits per heavy atom. The topological polar surface area (TPSA) is 26.3 Å². The van der Waals surface area contributed by atoms with E-state index in [1.807, 2.05) is 6.92 Å². The Kier molecular flexibility index (Phi) is 13.7. The molecule has 0 heterocycles. The minimum absolute atomic E-state index is 0.0367. The summed E-state index contributed by atoms with van der Waals surface area (Å²) in [6.45, 7) is 11.8. The average molecular weight is 313 g/mol. The molecule has 0 aromatic carbocycles. The molecule has 2 atom stereocenters. The molecule has 0 N–H and O–H groups in total. The number of carbonyl (C=O) groups excluding carboxylic acids is 1. The van der Waals surface area contributed by atoms with Crippen LogP contribution in [0.25, 0.3) is 0 Å². The summed E-state index contributed by atoms with van der Waals surface area (Å²) in [7, 11) is 0. The Balaban J connectivity index is 3.45. The number of hydrogen-bond donors (Lipinski definition) is 0. The van der Waals surface area contributed by atoms with Crippen LogP contribution in [0.5, 0.6) is 0 Å². The fourth-order valence-corrected chi connectivity index (χ4v) is 2.97. The lowest BCUT2D eigenvalue weighted by atomic mass is 9.92. The van der Waals surface area contributed by atoms with Crippen molar-refractivity contribution in [3.63, 3.8) is 0 Å². The van der Waals surface area contributed by atoms with Crippen LogP contribution in [0.3, 0.4) is 0 Å². The zero-order valence-corrected chi connectivity index (χ0v) is 15.8. The van der Waals surface area contributed by atoms with Crippen LogP contribution in [0.2, 0.25) is 0 Å². The number of unbranched alkanes of at least 4 members (excludes halogenated alkanes) is 1. The molecular formula is C20H40O2. The molecule has 0 radical (unpaired) electrons. The lowest BCUT2D eigenvalue weighted by Crippen LogP contribution is -2.04. The van der Waals surface area contributed by atoms with Crippen LogP contribution in [-0.2, 0) is 9.53 Å². The van der Waals surface area contributed by atoms with E-state index in [-0.39, 0.29) is 5.97 Å². The summed E-state index contributed by atoms with van der Waals surface area (Å²) in [5.41, 5.74) is 0. The van der Waals surface area contributed by atoms with Crippen LogP contribution in [0.4, 0.5) is 0 Å². The first kappa shape index (κ1) is 21.5.